The van der Waals surface area contributed by atoms with Gasteiger partial charge in [-0.1, -0.05) is 42.5 Å². The topological polar surface area (TPSA) is 66.5 Å². The van der Waals surface area contributed by atoms with Crippen molar-refractivity contribution < 1.29 is 14.4 Å². The molecule has 0 saturated carbocycles. The molecule has 29 heavy (non-hydrogen) atoms. The molecule has 0 spiro atoms. The molecule has 1 saturated heterocycles. The number of nitrogens with zero attached hydrogens (tertiary/aromatic N) is 1. The summed E-state index contributed by atoms with van der Waals surface area (Å²) in [6, 6.07) is 15.4. The van der Waals surface area contributed by atoms with Crippen molar-refractivity contribution in [1.29, 1.82) is 0 Å². The van der Waals surface area contributed by atoms with E-state index >= 15 is 0 Å². The van der Waals surface area contributed by atoms with Crippen LogP contribution in [0.1, 0.15) is 23.6 Å². The summed E-state index contributed by atoms with van der Waals surface area (Å²) in [5.41, 5.74) is 4.55. The number of imide groups is 1. The Hall–Kier alpha value is -3.12. The highest BCUT2D eigenvalue weighted by molar-refractivity contribution is 8.18. The molecule has 6 heteroatoms. The average molecular weight is 407 g/mol. The molecule has 5 nitrogen and oxygen atoms in total. The Morgan fingerprint density at radius 1 is 1.07 bits per heavy atom. The number of rotatable bonds is 5. The molecule has 1 heterocycles. The van der Waals surface area contributed by atoms with Gasteiger partial charge in [-0.05, 0) is 73.0 Å². The largest absolute Gasteiger partial charge is 0.325 e. The Kier molecular flexibility index (Phi) is 6.34. The number of allylic oxidation sites excluding steroid dienone is 2. The number of amides is 3. The molecule has 0 aliphatic carbocycles. The number of thioether (sulfide) groups is 1. The van der Waals surface area contributed by atoms with Gasteiger partial charge in [-0.3, -0.25) is 19.3 Å². The first kappa shape index (κ1) is 20.6. The van der Waals surface area contributed by atoms with E-state index in [9.17, 15) is 14.4 Å². The highest BCUT2D eigenvalue weighted by atomic mass is 32.2. The maximum atomic E-state index is 12.6. The van der Waals surface area contributed by atoms with Gasteiger partial charge < -0.3 is 5.32 Å². The van der Waals surface area contributed by atoms with Crippen molar-refractivity contribution in [3.05, 3.63) is 81.8 Å². The second-order valence-electron chi connectivity index (χ2n) is 6.99. The number of nitrogens with one attached hydrogen (secondary N) is 1. The monoisotopic (exact) mass is 406 g/mol. The Labute approximate surface area is 174 Å². The van der Waals surface area contributed by atoms with Crippen molar-refractivity contribution >= 4 is 40.6 Å². The summed E-state index contributed by atoms with van der Waals surface area (Å²) in [6.45, 7) is 5.44. The van der Waals surface area contributed by atoms with E-state index in [-0.39, 0.29) is 6.54 Å². The first-order chi connectivity index (χ1) is 13.8. The van der Waals surface area contributed by atoms with Crippen molar-refractivity contribution in [3.63, 3.8) is 0 Å². The minimum atomic E-state index is -0.448. The highest BCUT2D eigenvalue weighted by Crippen LogP contribution is 2.31. The van der Waals surface area contributed by atoms with Crippen LogP contribution in [0.3, 0.4) is 0 Å². The fourth-order valence-corrected chi connectivity index (χ4v) is 3.98. The molecule has 2 aromatic rings. The van der Waals surface area contributed by atoms with Crippen LogP contribution in [0.2, 0.25) is 0 Å². The molecule has 0 aromatic heterocycles. The molecular formula is C23H22N2O3S. The van der Waals surface area contributed by atoms with Gasteiger partial charge in [-0.25, -0.2) is 0 Å². The van der Waals surface area contributed by atoms with E-state index in [1.807, 2.05) is 75.4 Å². The summed E-state index contributed by atoms with van der Waals surface area (Å²) < 4.78 is 0. The average Bonchev–Trinajstić information content (AvgIpc) is 2.89. The SMILES string of the molecule is CC(=C\c1ccccc1)/C=C1/SC(=O)N(CC(=O)Nc2cc(C)cc(C)c2)C1=O. The quantitative estimate of drug-likeness (QED) is 0.716. The van der Waals surface area contributed by atoms with Crippen LogP contribution in [0.5, 0.6) is 0 Å². The number of aryl methyl sites for hydroxylation is 2. The van der Waals surface area contributed by atoms with Crippen LogP contribution in [0.15, 0.2) is 65.1 Å². The van der Waals surface area contributed by atoms with E-state index in [2.05, 4.69) is 5.32 Å². The number of hydrogen-bond acceptors (Lipinski definition) is 4. The Balaban J connectivity index is 1.68. The molecule has 148 valence electrons. The van der Waals surface area contributed by atoms with Gasteiger partial charge in [-0.15, -0.1) is 0 Å². The van der Waals surface area contributed by atoms with Crippen molar-refractivity contribution in [3.8, 4) is 0 Å². The van der Waals surface area contributed by atoms with Gasteiger partial charge in [0.15, 0.2) is 0 Å². The van der Waals surface area contributed by atoms with Crippen molar-refractivity contribution in [2.24, 2.45) is 0 Å². The Bertz CT molecular complexity index is 1010. The van der Waals surface area contributed by atoms with E-state index in [1.165, 1.54) is 0 Å². The maximum Gasteiger partial charge on any atom is 0.294 e. The number of carbonyl (C=O) groups excluding carboxylic acids is 3. The lowest BCUT2D eigenvalue weighted by atomic mass is 10.1. The lowest BCUT2D eigenvalue weighted by Crippen LogP contribution is -2.36. The second kappa shape index (κ2) is 8.92. The van der Waals surface area contributed by atoms with Crippen LogP contribution in [-0.2, 0) is 9.59 Å². The molecule has 3 rings (SSSR count). The third-order valence-electron chi connectivity index (χ3n) is 4.23. The third-order valence-corrected chi connectivity index (χ3v) is 5.14. The summed E-state index contributed by atoms with van der Waals surface area (Å²) in [5, 5.41) is 2.31. The standard InChI is InChI=1S/C23H22N2O3S/c1-15-9-16(2)12-19(11-15)24-21(26)14-25-22(27)20(29-23(25)28)13-17(3)10-18-7-5-4-6-8-18/h4-13H,14H2,1-3H3,(H,24,26)/b17-10+,20-13+. The molecular weight excluding hydrogens is 384 g/mol. The van der Waals surface area contributed by atoms with E-state index < -0.39 is 17.1 Å². The van der Waals surface area contributed by atoms with E-state index in [0.717, 1.165) is 38.9 Å². The van der Waals surface area contributed by atoms with Crippen LogP contribution in [-0.4, -0.2) is 28.5 Å². The lowest BCUT2D eigenvalue weighted by Gasteiger charge is -2.13. The van der Waals surface area contributed by atoms with Crippen LogP contribution in [0, 0.1) is 13.8 Å². The van der Waals surface area contributed by atoms with Crippen molar-refractivity contribution in [2.45, 2.75) is 20.8 Å². The molecule has 1 aliphatic rings. The minimum Gasteiger partial charge on any atom is -0.325 e. The fourth-order valence-electron chi connectivity index (χ4n) is 3.09. The fraction of sp³-hybridized carbons (Fsp3) is 0.174. The van der Waals surface area contributed by atoms with E-state index in [0.29, 0.717) is 10.6 Å². The van der Waals surface area contributed by atoms with Gasteiger partial charge in [0, 0.05) is 5.69 Å². The zero-order valence-corrected chi connectivity index (χ0v) is 17.4. The van der Waals surface area contributed by atoms with E-state index in [1.54, 1.807) is 6.08 Å². The van der Waals surface area contributed by atoms with Crippen molar-refractivity contribution in [2.75, 3.05) is 11.9 Å². The molecule has 0 unspecified atom stereocenters. The summed E-state index contributed by atoms with van der Waals surface area (Å²) in [4.78, 5) is 38.5. The summed E-state index contributed by atoms with van der Waals surface area (Å²) in [7, 11) is 0. The number of hydrogen-bond donors (Lipinski definition) is 1. The van der Waals surface area contributed by atoms with Crippen LogP contribution in [0.4, 0.5) is 10.5 Å². The normalized spacial score (nSPS) is 15.9. The summed E-state index contributed by atoms with van der Waals surface area (Å²) in [6.07, 6.45) is 3.61. The van der Waals surface area contributed by atoms with E-state index in [4.69, 9.17) is 0 Å². The summed E-state index contributed by atoms with van der Waals surface area (Å²) >= 11 is 0.852. The van der Waals surface area contributed by atoms with Gasteiger partial charge in [0.1, 0.15) is 6.54 Å². The first-order valence-corrected chi connectivity index (χ1v) is 10.0. The zero-order chi connectivity index (χ0) is 21.0. The molecule has 1 aliphatic heterocycles. The van der Waals surface area contributed by atoms with Gasteiger partial charge in [0.05, 0.1) is 4.91 Å². The van der Waals surface area contributed by atoms with Crippen LogP contribution < -0.4 is 5.32 Å². The van der Waals surface area contributed by atoms with Gasteiger partial charge in [0.25, 0.3) is 11.1 Å². The zero-order valence-electron chi connectivity index (χ0n) is 16.6. The number of anilines is 1. The Morgan fingerprint density at radius 3 is 2.38 bits per heavy atom. The molecule has 2 aromatic carbocycles. The predicted molar refractivity (Wildman–Crippen MR) is 117 cm³/mol. The lowest BCUT2D eigenvalue weighted by molar-refractivity contribution is -0.127. The predicted octanol–water partition coefficient (Wildman–Crippen LogP) is 4.92. The van der Waals surface area contributed by atoms with Crippen LogP contribution >= 0.6 is 11.8 Å². The summed E-state index contributed by atoms with van der Waals surface area (Å²) in [5.74, 6) is -0.855. The van der Waals surface area contributed by atoms with Crippen molar-refractivity contribution in [1.82, 2.24) is 4.90 Å². The Morgan fingerprint density at radius 2 is 1.72 bits per heavy atom. The minimum absolute atomic E-state index is 0.309. The second-order valence-corrected chi connectivity index (χ2v) is 7.98. The first-order valence-electron chi connectivity index (χ1n) is 9.19. The third kappa shape index (κ3) is 5.45. The molecule has 0 bridgehead atoms. The molecule has 1 fully saturated rings. The molecule has 0 radical (unpaired) electrons. The molecule has 3 amide bonds. The molecule has 0 atom stereocenters. The smallest absolute Gasteiger partial charge is 0.294 e. The number of carbonyl (C=O) groups is 3. The van der Waals surface area contributed by atoms with Gasteiger partial charge in [0.2, 0.25) is 5.91 Å². The number of benzene rings is 2. The molecule has 1 N–H and O–H groups in total. The van der Waals surface area contributed by atoms with Gasteiger partial charge >= 0.3 is 0 Å². The van der Waals surface area contributed by atoms with Crippen LogP contribution in [0.25, 0.3) is 6.08 Å². The highest BCUT2D eigenvalue weighted by Gasteiger charge is 2.36. The van der Waals surface area contributed by atoms with Gasteiger partial charge in [-0.2, -0.15) is 0 Å². The maximum absolute atomic E-state index is 12.6.